The molecule has 0 spiro atoms. The van der Waals surface area contributed by atoms with E-state index in [0.29, 0.717) is 0 Å². The Hall–Kier alpha value is -1.26. The summed E-state index contributed by atoms with van der Waals surface area (Å²) in [6.45, 7) is 0. The van der Waals surface area contributed by atoms with Gasteiger partial charge in [0.1, 0.15) is 21.7 Å². The summed E-state index contributed by atoms with van der Waals surface area (Å²) in [7, 11) is 0.787. The second kappa shape index (κ2) is 7.50. The van der Waals surface area contributed by atoms with E-state index in [2.05, 4.69) is 15.9 Å². The number of rotatable bonds is 7. The van der Waals surface area contributed by atoms with Gasteiger partial charge in [-0.1, -0.05) is 52.3 Å². The summed E-state index contributed by atoms with van der Waals surface area (Å²) in [5, 5.41) is 0.952. The summed E-state index contributed by atoms with van der Waals surface area (Å²) in [6.07, 6.45) is 1.89. The first-order valence-corrected chi connectivity index (χ1v) is 8.88. The van der Waals surface area contributed by atoms with Crippen LogP contribution < -0.4 is 9.47 Å². The topological polar surface area (TPSA) is 18.5 Å². The summed E-state index contributed by atoms with van der Waals surface area (Å²) in [5.74, 6) is 1.71. The van der Waals surface area contributed by atoms with E-state index in [1.165, 1.54) is 0 Å². The standard InChI is InChI=1S/C16H19BrO2Si/c17-13-7-12-16(20,18-14-8-3-1-4-9-14)19-15-10-5-2-6-11-15/h1-6,8-11H,7,12-13H2,20H3. The molecule has 2 aromatic rings. The predicted molar refractivity (Wildman–Crippen MR) is 89.8 cm³/mol. The van der Waals surface area contributed by atoms with E-state index in [4.69, 9.17) is 9.47 Å². The smallest absolute Gasteiger partial charge is 0.218 e. The van der Waals surface area contributed by atoms with Crippen molar-refractivity contribution in [1.82, 2.24) is 0 Å². The summed E-state index contributed by atoms with van der Waals surface area (Å²) in [5.41, 5.74) is -0.531. The average Bonchev–Trinajstić information content (AvgIpc) is 2.47. The molecule has 0 saturated heterocycles. The molecule has 0 aliphatic rings. The molecule has 0 bridgehead atoms. The maximum absolute atomic E-state index is 6.13. The third kappa shape index (κ3) is 4.69. The van der Waals surface area contributed by atoms with Gasteiger partial charge in [-0.3, -0.25) is 0 Å². The van der Waals surface area contributed by atoms with Gasteiger partial charge in [0.2, 0.25) is 5.41 Å². The van der Waals surface area contributed by atoms with Crippen molar-refractivity contribution < 1.29 is 9.47 Å². The highest BCUT2D eigenvalue weighted by atomic mass is 79.9. The molecule has 0 aliphatic carbocycles. The summed E-state index contributed by atoms with van der Waals surface area (Å²) in [6, 6.07) is 19.7. The van der Waals surface area contributed by atoms with Crippen molar-refractivity contribution in [1.29, 1.82) is 0 Å². The molecule has 106 valence electrons. The molecule has 0 N–H and O–H groups in total. The van der Waals surface area contributed by atoms with Gasteiger partial charge in [-0.25, -0.2) is 0 Å². The van der Waals surface area contributed by atoms with Crippen LogP contribution in [0.4, 0.5) is 0 Å². The van der Waals surface area contributed by atoms with Gasteiger partial charge in [0.15, 0.2) is 0 Å². The Morgan fingerprint density at radius 1 is 0.850 bits per heavy atom. The molecule has 2 aromatic carbocycles. The molecule has 0 amide bonds. The minimum Gasteiger partial charge on any atom is -0.458 e. The first kappa shape index (κ1) is 15.1. The molecule has 0 aromatic heterocycles. The van der Waals surface area contributed by atoms with Crippen LogP contribution in [0.15, 0.2) is 60.7 Å². The van der Waals surface area contributed by atoms with Crippen LogP contribution in [0.25, 0.3) is 0 Å². The van der Waals surface area contributed by atoms with Gasteiger partial charge in [-0.2, -0.15) is 0 Å². The number of hydrogen-bond acceptors (Lipinski definition) is 2. The van der Waals surface area contributed by atoms with Crippen LogP contribution in [0, 0.1) is 0 Å². The van der Waals surface area contributed by atoms with E-state index in [-0.39, 0.29) is 0 Å². The lowest BCUT2D eigenvalue weighted by atomic mass is 10.3. The molecule has 0 fully saturated rings. The van der Waals surface area contributed by atoms with E-state index >= 15 is 0 Å². The molecule has 0 unspecified atom stereocenters. The van der Waals surface area contributed by atoms with E-state index in [1.54, 1.807) is 0 Å². The fraction of sp³-hybridized carbons (Fsp3) is 0.250. The normalized spacial score (nSPS) is 11.2. The van der Waals surface area contributed by atoms with E-state index in [1.807, 2.05) is 60.7 Å². The molecule has 4 heteroatoms. The quantitative estimate of drug-likeness (QED) is 0.433. The van der Waals surface area contributed by atoms with Crippen molar-refractivity contribution in [2.24, 2.45) is 0 Å². The van der Waals surface area contributed by atoms with Crippen LogP contribution in [-0.2, 0) is 0 Å². The third-order valence-electron chi connectivity index (χ3n) is 2.92. The zero-order valence-corrected chi connectivity index (χ0v) is 15.2. The Labute approximate surface area is 131 Å². The number of ether oxygens (including phenoxy) is 2. The molecular formula is C16H19BrO2Si. The van der Waals surface area contributed by atoms with Gasteiger partial charge in [-0.15, -0.1) is 0 Å². The van der Waals surface area contributed by atoms with E-state index < -0.39 is 5.41 Å². The monoisotopic (exact) mass is 350 g/mol. The van der Waals surface area contributed by atoms with Gasteiger partial charge in [0, 0.05) is 11.8 Å². The van der Waals surface area contributed by atoms with Crippen molar-refractivity contribution >= 4 is 26.2 Å². The summed E-state index contributed by atoms with van der Waals surface area (Å²) < 4.78 is 12.3. The van der Waals surface area contributed by atoms with Crippen LogP contribution in [-0.4, -0.2) is 21.0 Å². The second-order valence-corrected chi connectivity index (χ2v) is 7.07. The van der Waals surface area contributed by atoms with Gasteiger partial charge < -0.3 is 9.47 Å². The number of benzene rings is 2. The number of hydrogen-bond donors (Lipinski definition) is 0. The first-order chi connectivity index (χ1) is 9.72. The van der Waals surface area contributed by atoms with Crippen molar-refractivity contribution in [3.8, 4) is 11.5 Å². The summed E-state index contributed by atoms with van der Waals surface area (Å²) in [4.78, 5) is 0. The Bertz CT molecular complexity index is 463. The predicted octanol–water partition coefficient (Wildman–Crippen LogP) is 3.34. The number of para-hydroxylation sites is 2. The lowest BCUT2D eigenvalue weighted by molar-refractivity contribution is -0.0447. The van der Waals surface area contributed by atoms with Gasteiger partial charge >= 0.3 is 0 Å². The molecule has 0 atom stereocenters. The molecule has 0 aliphatic heterocycles. The molecule has 0 heterocycles. The first-order valence-electron chi connectivity index (χ1n) is 6.76. The lowest BCUT2D eigenvalue weighted by Crippen LogP contribution is -2.43. The molecule has 2 rings (SSSR count). The number of halogens is 1. The Kier molecular flexibility index (Phi) is 5.68. The van der Waals surface area contributed by atoms with Crippen molar-refractivity contribution in [3.05, 3.63) is 60.7 Å². The highest BCUT2D eigenvalue weighted by molar-refractivity contribution is 9.09. The van der Waals surface area contributed by atoms with Crippen molar-refractivity contribution in [3.63, 3.8) is 0 Å². The largest absolute Gasteiger partial charge is 0.458 e. The van der Waals surface area contributed by atoms with Gasteiger partial charge in [0.25, 0.3) is 0 Å². The fourth-order valence-electron chi connectivity index (χ4n) is 1.99. The van der Waals surface area contributed by atoms with Gasteiger partial charge in [0.05, 0.1) is 0 Å². The second-order valence-electron chi connectivity index (χ2n) is 4.76. The van der Waals surface area contributed by atoms with Gasteiger partial charge in [-0.05, 0) is 30.7 Å². The van der Waals surface area contributed by atoms with Crippen LogP contribution >= 0.6 is 15.9 Å². The molecule has 0 radical (unpaired) electrons. The van der Waals surface area contributed by atoms with Crippen LogP contribution in [0.5, 0.6) is 11.5 Å². The average molecular weight is 351 g/mol. The van der Waals surface area contributed by atoms with Crippen LogP contribution in [0.3, 0.4) is 0 Å². The van der Waals surface area contributed by atoms with Crippen LogP contribution in [0.1, 0.15) is 12.8 Å². The minimum absolute atomic E-state index is 0.531. The maximum atomic E-state index is 6.13. The fourth-order valence-corrected chi connectivity index (χ4v) is 3.09. The third-order valence-corrected chi connectivity index (χ3v) is 4.39. The van der Waals surface area contributed by atoms with Crippen molar-refractivity contribution in [2.75, 3.05) is 5.33 Å². The Morgan fingerprint density at radius 3 is 1.70 bits per heavy atom. The molecular weight excluding hydrogens is 332 g/mol. The Balaban J connectivity index is 2.12. The minimum atomic E-state index is -0.531. The molecule has 2 nitrogen and oxygen atoms in total. The van der Waals surface area contributed by atoms with Crippen LogP contribution in [0.2, 0.25) is 0 Å². The Morgan fingerprint density at radius 2 is 1.30 bits per heavy atom. The maximum Gasteiger partial charge on any atom is 0.218 e. The van der Waals surface area contributed by atoms with Crippen molar-refractivity contribution in [2.45, 2.75) is 18.3 Å². The highest BCUT2D eigenvalue weighted by Gasteiger charge is 2.27. The molecule has 20 heavy (non-hydrogen) atoms. The van der Waals surface area contributed by atoms with E-state index in [0.717, 1.165) is 39.9 Å². The summed E-state index contributed by atoms with van der Waals surface area (Å²) >= 11 is 3.48. The molecule has 0 saturated carbocycles. The zero-order valence-electron chi connectivity index (χ0n) is 11.6. The SMILES string of the molecule is [SiH3]C(CCCBr)(Oc1ccccc1)Oc1ccccc1. The zero-order chi connectivity index (χ0) is 14.3. The lowest BCUT2D eigenvalue weighted by Gasteiger charge is -2.32. The number of alkyl halides is 1. The highest BCUT2D eigenvalue weighted by Crippen LogP contribution is 2.24. The van der Waals surface area contributed by atoms with E-state index in [9.17, 15) is 0 Å².